The molecule has 0 radical (unpaired) electrons. The standard InChI is InChI=1S/C36H55F3O7.C14H20O7/c1-17-19-11-23(25(12-19)33(42)45-9-6-7-35(5,44)36(37,38)39)29(17)30-21-15-26(27(16-21)34(3,4)43)31(30)28-18(2)22-13-20(28)14-24(22)32(41)46-10-8-40;1-7-11(13(19)20-12(7)18)8(2)14(3,4)21-10(17)6-5-9(15)16/h17-31,40,43-44H,6-16H2,1-5H3;7-8,11H,5-6H2,1-4H3,(H,15,16)/t17?,18?,19?,20?,21?,22?,23?,24?,25?,26?,27?,28?,29-,30?,31-,35?;7?,8?,11-/m00/s1. The zero-order valence-corrected chi connectivity index (χ0v) is 40.6. The van der Waals surface area contributed by atoms with Crippen molar-refractivity contribution >= 4 is 35.8 Å². The van der Waals surface area contributed by atoms with Crippen LogP contribution >= 0.6 is 0 Å². The Morgan fingerprint density at radius 2 is 1.28 bits per heavy atom. The van der Waals surface area contributed by atoms with Crippen molar-refractivity contribution in [1.82, 2.24) is 0 Å². The highest BCUT2D eigenvalue weighted by Crippen LogP contribution is 2.72. The average Bonchev–Trinajstić information content (AvgIpc) is 4.10. The summed E-state index contributed by atoms with van der Waals surface area (Å²) in [6, 6.07) is 0. The highest BCUT2D eigenvalue weighted by molar-refractivity contribution is 5.96. The summed E-state index contributed by atoms with van der Waals surface area (Å²) in [7, 11) is 0. The lowest BCUT2D eigenvalue weighted by Crippen LogP contribution is -2.50. The third kappa shape index (κ3) is 10.6. The molecule has 17 heteroatoms. The molecule has 0 amide bonds. The third-order valence-electron chi connectivity index (χ3n) is 18.4. The molecule has 16 unspecified atom stereocenters. The van der Waals surface area contributed by atoms with Gasteiger partial charge in [0.2, 0.25) is 0 Å². The van der Waals surface area contributed by atoms with Gasteiger partial charge in [0.1, 0.15) is 12.2 Å². The minimum atomic E-state index is -4.73. The fourth-order valence-electron chi connectivity index (χ4n) is 15.0. The Balaban J connectivity index is 0.000000297. The summed E-state index contributed by atoms with van der Waals surface area (Å²) >= 11 is 0. The van der Waals surface area contributed by atoms with Gasteiger partial charge < -0.3 is 39.4 Å². The van der Waals surface area contributed by atoms with Crippen molar-refractivity contribution in [3.05, 3.63) is 0 Å². The van der Waals surface area contributed by atoms with Crippen molar-refractivity contribution in [2.45, 2.75) is 150 Å². The second kappa shape index (κ2) is 19.8. The van der Waals surface area contributed by atoms with Crippen molar-refractivity contribution in [3.63, 3.8) is 0 Å². The molecule has 7 fully saturated rings. The fraction of sp³-hybridized carbons (Fsp3) is 0.880. The van der Waals surface area contributed by atoms with Crippen LogP contribution in [0.4, 0.5) is 13.2 Å². The molecule has 0 aromatic heterocycles. The number of hydrogen-bond acceptors (Lipinski definition) is 13. The lowest BCUT2D eigenvalue weighted by atomic mass is 9.54. The summed E-state index contributed by atoms with van der Waals surface area (Å²) in [6.45, 7) is 15.6. The number of rotatable bonds is 17. The van der Waals surface area contributed by atoms with Crippen LogP contribution in [0.15, 0.2) is 0 Å². The number of cyclic esters (lactones) is 2. The number of carboxylic acids is 1. The van der Waals surface area contributed by atoms with Crippen LogP contribution in [0.5, 0.6) is 0 Å². The van der Waals surface area contributed by atoms with E-state index in [1.165, 1.54) is 0 Å². The molecule has 6 saturated carbocycles. The summed E-state index contributed by atoms with van der Waals surface area (Å²) in [5.74, 6) is -0.607. The number of ether oxygens (including phenoxy) is 4. The van der Waals surface area contributed by atoms with Crippen molar-refractivity contribution < 1.29 is 81.3 Å². The Bertz CT molecular complexity index is 1860. The molecule has 19 atom stereocenters. The molecule has 1 heterocycles. The topological polar surface area (TPSA) is 220 Å². The van der Waals surface area contributed by atoms with E-state index in [0.29, 0.717) is 59.2 Å². The van der Waals surface area contributed by atoms with Crippen molar-refractivity contribution in [2.75, 3.05) is 19.8 Å². The summed E-state index contributed by atoms with van der Waals surface area (Å²) in [5, 5.41) is 38.8. The summed E-state index contributed by atoms with van der Waals surface area (Å²) in [6.07, 6.45) is -0.181. The fourth-order valence-corrected chi connectivity index (χ4v) is 15.0. The van der Waals surface area contributed by atoms with Crippen molar-refractivity contribution in [3.8, 4) is 0 Å². The first-order valence-electron chi connectivity index (χ1n) is 24.7. The molecule has 14 nitrogen and oxygen atoms in total. The molecule has 6 bridgehead atoms. The summed E-state index contributed by atoms with van der Waals surface area (Å²) in [4.78, 5) is 71.5. The van der Waals surface area contributed by atoms with Crippen LogP contribution < -0.4 is 0 Å². The number of aliphatic hydroxyl groups excluding tert-OH is 1. The zero-order valence-electron chi connectivity index (χ0n) is 40.6. The van der Waals surface area contributed by atoms with E-state index in [-0.39, 0.29) is 80.6 Å². The maximum absolute atomic E-state index is 13.4. The molecule has 0 aromatic carbocycles. The highest BCUT2D eigenvalue weighted by atomic mass is 19.4. The number of carbonyl (C=O) groups excluding carboxylic acids is 5. The minimum Gasteiger partial charge on any atom is -0.481 e. The third-order valence-corrected chi connectivity index (χ3v) is 18.4. The second-order valence-electron chi connectivity index (χ2n) is 22.9. The van der Waals surface area contributed by atoms with E-state index >= 15 is 0 Å². The van der Waals surface area contributed by atoms with Crippen LogP contribution in [-0.2, 0) is 47.7 Å². The molecule has 380 valence electrons. The molecule has 1 aliphatic heterocycles. The molecular weight excluding hydrogens is 882 g/mol. The van der Waals surface area contributed by atoms with Gasteiger partial charge in [-0.3, -0.25) is 28.8 Å². The molecule has 0 spiro atoms. The largest absolute Gasteiger partial charge is 0.481 e. The number of fused-ring (bicyclic) bond motifs is 6. The van der Waals surface area contributed by atoms with Crippen molar-refractivity contribution in [2.24, 2.45) is 107 Å². The van der Waals surface area contributed by atoms with Gasteiger partial charge in [0.15, 0.2) is 5.60 Å². The van der Waals surface area contributed by atoms with E-state index in [9.17, 15) is 52.2 Å². The van der Waals surface area contributed by atoms with Crippen LogP contribution in [-0.4, -0.2) is 99.0 Å². The van der Waals surface area contributed by atoms with Gasteiger partial charge in [-0.2, -0.15) is 13.2 Å². The molecule has 1 saturated heterocycles. The van der Waals surface area contributed by atoms with Gasteiger partial charge in [-0.1, -0.05) is 27.7 Å². The predicted octanol–water partition coefficient (Wildman–Crippen LogP) is 6.78. The van der Waals surface area contributed by atoms with Crippen molar-refractivity contribution in [1.29, 1.82) is 0 Å². The van der Waals surface area contributed by atoms with E-state index in [4.69, 9.17) is 24.4 Å². The Kier molecular flexibility index (Phi) is 15.7. The van der Waals surface area contributed by atoms with Crippen LogP contribution in [0.3, 0.4) is 0 Å². The van der Waals surface area contributed by atoms with Crippen LogP contribution in [0, 0.1) is 107 Å². The van der Waals surface area contributed by atoms with E-state index in [2.05, 4.69) is 18.6 Å². The van der Waals surface area contributed by atoms with Crippen LogP contribution in [0.25, 0.3) is 0 Å². The first kappa shape index (κ1) is 53.0. The normalized spacial score (nSPS) is 38.8. The lowest BCUT2D eigenvalue weighted by Gasteiger charge is -2.51. The molecule has 7 rings (SSSR count). The van der Waals surface area contributed by atoms with Gasteiger partial charge in [0, 0.05) is 5.92 Å². The van der Waals surface area contributed by atoms with E-state index in [0.717, 1.165) is 45.4 Å². The molecule has 67 heavy (non-hydrogen) atoms. The maximum atomic E-state index is 13.4. The number of aliphatic carboxylic acids is 1. The van der Waals surface area contributed by atoms with E-state index < -0.39 is 71.0 Å². The van der Waals surface area contributed by atoms with Gasteiger partial charge in [-0.05, 0) is 163 Å². The summed E-state index contributed by atoms with van der Waals surface area (Å²) < 4.78 is 60.0. The second-order valence-corrected chi connectivity index (χ2v) is 22.9. The Morgan fingerprint density at radius 1 is 0.716 bits per heavy atom. The van der Waals surface area contributed by atoms with Gasteiger partial charge in [-0.15, -0.1) is 0 Å². The zero-order chi connectivity index (χ0) is 49.9. The number of esters is 5. The SMILES string of the molecule is CC1C(=O)OC(=O)[C@@H]1C(C)C(C)(C)OC(=O)CCC(=O)O.CC1C2CC(CC2C(=O)OCCO)C1[C@@H]1C2CC(CC2C(C)(C)O)C1[C@H]1C(C)C2CC(C(=O)OCCCC(C)(O)C(F)(F)F)C1C2. The Morgan fingerprint density at radius 3 is 1.82 bits per heavy atom. The summed E-state index contributed by atoms with van der Waals surface area (Å²) in [5.41, 5.74) is -4.59. The number of carbonyl (C=O) groups is 6. The van der Waals surface area contributed by atoms with Crippen LogP contribution in [0.2, 0.25) is 0 Å². The highest BCUT2D eigenvalue weighted by Gasteiger charge is 2.68. The molecular formula is C50H75F3O14. The number of carboxylic acid groups (broad SMARTS) is 1. The number of halogens is 3. The smallest absolute Gasteiger partial charge is 0.416 e. The van der Waals surface area contributed by atoms with E-state index in [1.807, 2.05) is 13.8 Å². The quantitative estimate of drug-likeness (QED) is 0.0511. The Hall–Kier alpha value is -3.31. The first-order chi connectivity index (χ1) is 31.0. The number of aliphatic hydroxyl groups is 3. The lowest BCUT2D eigenvalue weighted by molar-refractivity contribution is -0.255. The molecule has 0 aromatic rings. The Labute approximate surface area is 392 Å². The van der Waals surface area contributed by atoms with Gasteiger partial charge >= 0.3 is 42.0 Å². The number of hydrogen-bond donors (Lipinski definition) is 4. The van der Waals surface area contributed by atoms with E-state index in [1.54, 1.807) is 27.7 Å². The van der Waals surface area contributed by atoms with Gasteiger partial charge in [-0.25, -0.2) is 0 Å². The van der Waals surface area contributed by atoms with Crippen LogP contribution in [0.1, 0.15) is 127 Å². The molecule has 6 aliphatic carbocycles. The first-order valence-corrected chi connectivity index (χ1v) is 24.7. The van der Waals surface area contributed by atoms with Gasteiger partial charge in [0.05, 0.1) is 55.3 Å². The predicted molar refractivity (Wildman–Crippen MR) is 233 cm³/mol. The average molecular weight is 957 g/mol. The minimum absolute atomic E-state index is 0.0341. The monoisotopic (exact) mass is 957 g/mol. The maximum Gasteiger partial charge on any atom is 0.416 e. The number of alkyl halides is 3. The molecule has 4 N–H and O–H groups in total. The molecule has 7 aliphatic rings. The van der Waals surface area contributed by atoms with Gasteiger partial charge in [0.25, 0.3) is 0 Å².